The van der Waals surface area contributed by atoms with Crippen molar-refractivity contribution in [2.75, 3.05) is 0 Å². The number of halogens is 6. The molecule has 0 radical (unpaired) electrons. The Kier molecular flexibility index (Phi) is 3.95. The van der Waals surface area contributed by atoms with Crippen molar-refractivity contribution in [3.05, 3.63) is 0 Å². The summed E-state index contributed by atoms with van der Waals surface area (Å²) < 4.78 is 34.1. The van der Waals surface area contributed by atoms with Gasteiger partial charge in [0.25, 0.3) is 5.55 Å². The molecular weight excluding hydrogens is 361 g/mol. The van der Waals surface area contributed by atoms with Gasteiger partial charge in [-0.3, -0.25) is 0 Å². The zero-order chi connectivity index (χ0) is 8.58. The van der Waals surface area contributed by atoms with Gasteiger partial charge in [0.1, 0.15) is 0 Å². The normalized spacial score (nSPS) is 17.1. The third-order valence-electron chi connectivity index (χ3n) is 0.878. The molecule has 0 saturated carbocycles. The molecule has 0 bridgehead atoms. The molecule has 0 nitrogen and oxygen atoms in total. The van der Waals surface area contributed by atoms with Crippen molar-refractivity contribution in [2.24, 2.45) is 0 Å². The van der Waals surface area contributed by atoms with Crippen molar-refractivity contribution < 1.29 is 13.2 Å². The van der Waals surface area contributed by atoms with Crippen LogP contribution in [0.15, 0.2) is 0 Å². The van der Waals surface area contributed by atoms with Crippen LogP contribution in [0, 0.1) is 0 Å². The summed E-state index contributed by atoms with van der Waals surface area (Å²) >= 11 is 8.05. The lowest BCUT2D eigenvalue weighted by molar-refractivity contribution is 0.0123. The van der Waals surface area contributed by atoms with Gasteiger partial charge in [-0.2, -0.15) is 0 Å². The molecule has 10 heavy (non-hydrogen) atoms. The Morgan fingerprint density at radius 1 is 1.30 bits per heavy atom. The van der Waals surface area contributed by atoms with Crippen LogP contribution >= 0.6 is 45.9 Å². The summed E-state index contributed by atoms with van der Waals surface area (Å²) in [5, 5.41) is 0. The molecule has 0 saturated heterocycles. The van der Waals surface area contributed by atoms with Gasteiger partial charge < -0.3 is 0 Å². The average Bonchev–Trinajstić information content (AvgIpc) is 1.62. The quantitative estimate of drug-likeness (QED) is 0.518. The van der Waals surface area contributed by atoms with Crippen molar-refractivity contribution >= 4 is 49.8 Å². The summed E-state index contributed by atoms with van der Waals surface area (Å²) in [4.78, 5) is 0. The van der Waals surface area contributed by atoms with Crippen molar-refractivity contribution in [1.29, 1.82) is 0 Å². The van der Waals surface area contributed by atoms with Crippen molar-refractivity contribution in [1.82, 2.24) is 0 Å². The summed E-state index contributed by atoms with van der Waals surface area (Å²) in [5.41, 5.74) is -3.34. The number of hydrogen-bond acceptors (Lipinski definition) is 0. The number of rotatable bonds is 2. The highest BCUT2D eigenvalue weighted by Gasteiger charge is 2.56. The molecule has 1 unspecified atom stereocenters. The van der Waals surface area contributed by atoms with Crippen LogP contribution in [0.4, 0.5) is 13.2 Å². The number of hydrogen-bond donors (Lipinski definition) is 0. The van der Waals surface area contributed by atoms with Gasteiger partial charge in [0.2, 0.25) is 0 Å². The highest BCUT2D eigenvalue weighted by Crippen LogP contribution is 2.44. The van der Waals surface area contributed by atoms with E-state index in [-0.39, 0.29) is 0 Å². The predicted molar refractivity (Wildman–Crippen MR) is 48.1 cm³/mol. The highest BCUT2D eigenvalue weighted by atomic mass is 80.0. The molecular formula is C3H4Br3F3Si. The van der Waals surface area contributed by atoms with Crippen LogP contribution in [-0.2, 0) is 0 Å². The average molecular weight is 365 g/mol. The van der Waals surface area contributed by atoms with Crippen LogP contribution in [0.1, 0.15) is 6.92 Å². The Bertz CT molecular complexity index is 121. The van der Waals surface area contributed by atoms with Gasteiger partial charge in [0.05, 0.1) is 0 Å². The van der Waals surface area contributed by atoms with Crippen LogP contribution in [0.25, 0.3) is 0 Å². The van der Waals surface area contributed by atoms with Crippen molar-refractivity contribution in [3.63, 3.8) is 0 Å². The summed E-state index contributed by atoms with van der Waals surface area (Å²) in [5.74, 6) is 0. The molecule has 0 spiro atoms. The van der Waals surface area contributed by atoms with Gasteiger partial charge >= 0.3 is 3.93 Å². The van der Waals surface area contributed by atoms with E-state index >= 15 is 0 Å². The topological polar surface area (TPSA) is 0 Å². The molecule has 1 atom stereocenters. The second kappa shape index (κ2) is 3.45. The minimum Gasteiger partial charge on any atom is -0.241 e. The van der Waals surface area contributed by atoms with E-state index in [0.29, 0.717) is 0 Å². The predicted octanol–water partition coefficient (Wildman–Crippen LogP) is 3.64. The Labute approximate surface area is 81.3 Å². The first-order valence-corrected chi connectivity index (χ1v) is 11.1. The molecule has 0 aliphatic heterocycles. The molecule has 0 aromatic heterocycles. The van der Waals surface area contributed by atoms with Crippen LogP contribution in [0.3, 0.4) is 0 Å². The zero-order valence-electron chi connectivity index (χ0n) is 4.85. The molecule has 0 N–H and O–H groups in total. The molecule has 0 rings (SSSR count). The van der Waals surface area contributed by atoms with Crippen LogP contribution in [0.2, 0.25) is 0 Å². The van der Waals surface area contributed by atoms with Gasteiger partial charge in [-0.25, -0.2) is 13.2 Å². The maximum Gasteiger partial charge on any atom is 0.347 e. The van der Waals surface area contributed by atoms with Crippen molar-refractivity contribution in [3.8, 4) is 0 Å². The van der Waals surface area contributed by atoms with E-state index in [9.17, 15) is 13.2 Å². The lowest BCUT2D eigenvalue weighted by Crippen LogP contribution is -2.44. The van der Waals surface area contributed by atoms with Crippen molar-refractivity contribution in [2.45, 2.75) is 18.6 Å². The molecule has 7 heteroatoms. The minimum atomic E-state index is -3.34. The Balaban J connectivity index is 4.40. The molecule has 0 aliphatic rings. The molecule has 0 aliphatic carbocycles. The lowest BCUT2D eigenvalue weighted by Gasteiger charge is -2.23. The van der Waals surface area contributed by atoms with E-state index in [1.165, 1.54) is 0 Å². The van der Waals surface area contributed by atoms with E-state index < -0.39 is 15.6 Å². The zero-order valence-corrected chi connectivity index (χ0v) is 10.6. The van der Waals surface area contributed by atoms with E-state index in [1.807, 2.05) is 0 Å². The van der Waals surface area contributed by atoms with E-state index in [1.54, 1.807) is 0 Å². The molecule has 0 heterocycles. The second-order valence-corrected chi connectivity index (χ2v) is 23.7. The summed E-state index contributed by atoms with van der Waals surface area (Å²) in [6, 6.07) is 0. The molecule has 0 aromatic carbocycles. The fourth-order valence-electron chi connectivity index (χ4n) is 0.226. The molecule has 0 fully saturated rings. The second-order valence-electron chi connectivity index (χ2n) is 1.74. The third-order valence-corrected chi connectivity index (χ3v) is 6.79. The van der Waals surface area contributed by atoms with Gasteiger partial charge in [0.15, 0.2) is 6.17 Å². The summed E-state index contributed by atoms with van der Waals surface area (Å²) in [7, 11) is 0. The van der Waals surface area contributed by atoms with E-state index in [0.717, 1.165) is 6.92 Å². The fourth-order valence-corrected chi connectivity index (χ4v) is 3.52. The first-order chi connectivity index (χ1) is 4.19. The lowest BCUT2D eigenvalue weighted by atomic mass is 10.5. The SMILES string of the molecule is CC(F)C(F)(F)[Si](Br)(Br)Br. The Morgan fingerprint density at radius 2 is 1.60 bits per heavy atom. The molecule has 0 aromatic rings. The first-order valence-electron chi connectivity index (χ1n) is 2.28. The maximum absolute atomic E-state index is 12.6. The fraction of sp³-hybridized carbons (Fsp3) is 1.00. The Morgan fingerprint density at radius 3 is 1.60 bits per heavy atom. The largest absolute Gasteiger partial charge is 0.347 e. The van der Waals surface area contributed by atoms with E-state index in [2.05, 4.69) is 45.9 Å². The van der Waals surface area contributed by atoms with Gasteiger partial charge in [-0.1, -0.05) is 45.9 Å². The molecule has 62 valence electrons. The van der Waals surface area contributed by atoms with Gasteiger partial charge in [-0.05, 0) is 6.92 Å². The van der Waals surface area contributed by atoms with E-state index in [4.69, 9.17) is 0 Å². The first kappa shape index (κ1) is 11.4. The van der Waals surface area contributed by atoms with Gasteiger partial charge in [0, 0.05) is 0 Å². The third kappa shape index (κ3) is 2.49. The van der Waals surface area contributed by atoms with Crippen LogP contribution < -0.4 is 0 Å². The van der Waals surface area contributed by atoms with Crippen LogP contribution in [0.5, 0.6) is 0 Å². The molecule has 0 amide bonds. The van der Waals surface area contributed by atoms with Crippen LogP contribution in [-0.4, -0.2) is 15.6 Å². The number of alkyl halides is 3. The monoisotopic (exact) mass is 362 g/mol. The maximum atomic E-state index is 12.6. The standard InChI is InChI=1S/C3H4Br3F3Si/c1-2(7)3(8,9)10(4,5)6/h2H,1H3. The summed E-state index contributed by atoms with van der Waals surface area (Å²) in [6.45, 7) is 0.825. The van der Waals surface area contributed by atoms with Gasteiger partial charge in [-0.15, -0.1) is 0 Å². The highest BCUT2D eigenvalue weighted by molar-refractivity contribution is 9.72. The minimum absolute atomic E-state index is 0.825. The Hall–Kier alpha value is 1.45. The smallest absolute Gasteiger partial charge is 0.241 e. The summed E-state index contributed by atoms with van der Waals surface area (Å²) in [6.07, 6.45) is -2.16.